The average molecular weight is 485 g/mol. The highest BCUT2D eigenvalue weighted by molar-refractivity contribution is 5.59. The summed E-state index contributed by atoms with van der Waals surface area (Å²) in [7, 11) is 0. The van der Waals surface area contributed by atoms with Crippen LogP contribution < -0.4 is 9.47 Å². The Kier molecular flexibility index (Phi) is 9.96. The van der Waals surface area contributed by atoms with E-state index in [0.717, 1.165) is 46.4 Å². The Bertz CT molecular complexity index is 1190. The summed E-state index contributed by atoms with van der Waals surface area (Å²) in [6.45, 7) is 8.63. The van der Waals surface area contributed by atoms with E-state index in [4.69, 9.17) is 19.3 Å². The lowest BCUT2D eigenvalue weighted by atomic mass is 9.97. The fourth-order valence-corrected chi connectivity index (χ4v) is 3.91. The molecule has 0 aliphatic rings. The molecule has 188 valence electrons. The van der Waals surface area contributed by atoms with E-state index in [0.29, 0.717) is 6.61 Å². The maximum absolute atomic E-state index is 9.03. The van der Waals surface area contributed by atoms with E-state index in [-0.39, 0.29) is 6.29 Å². The van der Waals surface area contributed by atoms with Crippen molar-refractivity contribution >= 4 is 18.2 Å². The molecule has 0 fully saturated rings. The van der Waals surface area contributed by atoms with Crippen molar-refractivity contribution < 1.29 is 19.3 Å². The Morgan fingerprint density at radius 2 is 1.39 bits per heavy atom. The molecule has 3 aromatic carbocycles. The second-order valence-electron chi connectivity index (χ2n) is 9.10. The van der Waals surface area contributed by atoms with Gasteiger partial charge in [0.05, 0.1) is 6.26 Å². The summed E-state index contributed by atoms with van der Waals surface area (Å²) in [6, 6.07) is 24.1. The molecule has 4 nitrogen and oxygen atoms in total. The van der Waals surface area contributed by atoms with E-state index < -0.39 is 5.60 Å². The molecule has 1 N–H and O–H groups in total. The van der Waals surface area contributed by atoms with Gasteiger partial charge in [-0.15, -0.1) is 0 Å². The molecule has 0 heterocycles. The summed E-state index contributed by atoms with van der Waals surface area (Å²) in [4.78, 5) is 0. The molecule has 4 heteroatoms. The van der Waals surface area contributed by atoms with Crippen LogP contribution in [0.1, 0.15) is 49.9 Å². The van der Waals surface area contributed by atoms with Crippen molar-refractivity contribution in [3.05, 3.63) is 113 Å². The smallest absolute Gasteiger partial charge is 0.196 e. The van der Waals surface area contributed by atoms with Gasteiger partial charge in [-0.3, -0.25) is 0 Å². The van der Waals surface area contributed by atoms with Gasteiger partial charge in [0, 0.05) is 13.0 Å². The molecule has 0 aliphatic carbocycles. The molecule has 0 radical (unpaired) electrons. The van der Waals surface area contributed by atoms with Gasteiger partial charge in [0.2, 0.25) is 0 Å². The lowest BCUT2D eigenvalue weighted by Crippen LogP contribution is -2.31. The van der Waals surface area contributed by atoms with Gasteiger partial charge in [-0.25, -0.2) is 0 Å². The predicted octanol–water partition coefficient (Wildman–Crippen LogP) is 8.10. The van der Waals surface area contributed by atoms with Crippen LogP contribution in [0.2, 0.25) is 0 Å². The molecule has 36 heavy (non-hydrogen) atoms. The van der Waals surface area contributed by atoms with E-state index >= 15 is 0 Å². The zero-order valence-corrected chi connectivity index (χ0v) is 21.6. The average Bonchev–Trinajstić information content (AvgIpc) is 2.82. The third-order valence-corrected chi connectivity index (χ3v) is 5.35. The first-order valence-corrected chi connectivity index (χ1v) is 12.3. The van der Waals surface area contributed by atoms with Crippen molar-refractivity contribution in [1.82, 2.24) is 0 Å². The molecule has 0 amide bonds. The number of rotatable bonds is 12. The van der Waals surface area contributed by atoms with Crippen molar-refractivity contribution in [3.63, 3.8) is 0 Å². The molecular formula is C32H36O4. The minimum absolute atomic E-state index is 0.276. The van der Waals surface area contributed by atoms with Gasteiger partial charge >= 0.3 is 0 Å². The summed E-state index contributed by atoms with van der Waals surface area (Å²) >= 11 is 0. The minimum Gasteiger partial charge on any atom is -0.516 e. The highest BCUT2D eigenvalue weighted by atomic mass is 16.7. The zero-order valence-electron chi connectivity index (χ0n) is 21.6. The van der Waals surface area contributed by atoms with E-state index in [1.54, 1.807) is 6.08 Å². The Morgan fingerprint density at radius 1 is 0.806 bits per heavy atom. The maximum atomic E-state index is 9.03. The minimum atomic E-state index is -0.392. The number of aliphatic hydroxyl groups is 1. The number of hydrogen-bond acceptors (Lipinski definition) is 4. The van der Waals surface area contributed by atoms with Crippen LogP contribution >= 0.6 is 0 Å². The third-order valence-electron chi connectivity index (χ3n) is 5.35. The van der Waals surface area contributed by atoms with Crippen molar-refractivity contribution in [1.29, 1.82) is 0 Å². The quantitative estimate of drug-likeness (QED) is 0.160. The fourth-order valence-electron chi connectivity index (χ4n) is 3.91. The number of aliphatic hydroxyl groups excluding tert-OH is 1. The van der Waals surface area contributed by atoms with Crippen molar-refractivity contribution in [2.75, 3.05) is 6.61 Å². The van der Waals surface area contributed by atoms with Crippen LogP contribution in [0.4, 0.5) is 0 Å². The summed E-state index contributed by atoms with van der Waals surface area (Å²) in [5.41, 5.74) is 3.84. The second kappa shape index (κ2) is 13.4. The van der Waals surface area contributed by atoms with Crippen LogP contribution in [-0.4, -0.2) is 23.6 Å². The van der Waals surface area contributed by atoms with E-state index in [1.807, 2.05) is 86.7 Å². The van der Waals surface area contributed by atoms with Crippen LogP contribution in [0.15, 0.2) is 91.2 Å². The highest BCUT2D eigenvalue weighted by Crippen LogP contribution is 2.24. The first-order valence-electron chi connectivity index (χ1n) is 12.3. The van der Waals surface area contributed by atoms with Gasteiger partial charge in [-0.1, -0.05) is 72.8 Å². The lowest BCUT2D eigenvalue weighted by molar-refractivity contribution is -0.0613. The standard InChI is InChI=1S/C32H36O4/c1-5-34-25(2)35-30-17-9-14-26(22-30)11-6-7-12-27-15-10-18-31(23-27)36-32(3,4)24-29-16-8-13-28(21-29)19-20-33/h6-23,25,33H,5,24H2,1-4H3. The van der Waals surface area contributed by atoms with Crippen LogP contribution in [0.25, 0.3) is 18.2 Å². The fraction of sp³-hybridized carbons (Fsp3) is 0.250. The zero-order chi connectivity index (χ0) is 25.8. The summed E-state index contributed by atoms with van der Waals surface area (Å²) in [6.07, 6.45) is 11.3. The SMILES string of the molecule is CCOC(C)Oc1cccc(C=CC=Cc2cccc(OC(C)(C)Cc3cccc(C=CO)c3)c2)c1. The van der Waals surface area contributed by atoms with Crippen LogP contribution in [0.5, 0.6) is 11.5 Å². The Balaban J connectivity index is 1.60. The number of allylic oxidation sites excluding steroid dienone is 2. The van der Waals surface area contributed by atoms with Crippen molar-refractivity contribution in [2.24, 2.45) is 0 Å². The molecule has 0 bridgehead atoms. The highest BCUT2D eigenvalue weighted by Gasteiger charge is 2.20. The van der Waals surface area contributed by atoms with E-state index in [9.17, 15) is 0 Å². The first kappa shape index (κ1) is 26.8. The third kappa shape index (κ3) is 9.12. The van der Waals surface area contributed by atoms with Gasteiger partial charge in [0.1, 0.15) is 17.1 Å². The van der Waals surface area contributed by atoms with Gasteiger partial charge < -0.3 is 19.3 Å². The largest absolute Gasteiger partial charge is 0.516 e. The molecule has 3 aromatic rings. The van der Waals surface area contributed by atoms with Gasteiger partial charge in [0.25, 0.3) is 0 Å². The molecule has 0 spiro atoms. The van der Waals surface area contributed by atoms with Crippen molar-refractivity contribution in [2.45, 2.75) is 46.0 Å². The van der Waals surface area contributed by atoms with Gasteiger partial charge in [-0.2, -0.15) is 0 Å². The Hall–Kier alpha value is -3.76. The predicted molar refractivity (Wildman–Crippen MR) is 149 cm³/mol. The summed E-state index contributed by atoms with van der Waals surface area (Å²) in [5.74, 6) is 1.61. The molecule has 3 rings (SSSR count). The number of ether oxygens (including phenoxy) is 3. The normalized spacial score (nSPS) is 13.0. The van der Waals surface area contributed by atoms with Gasteiger partial charge in [-0.05, 0) is 80.3 Å². The number of benzene rings is 3. The lowest BCUT2D eigenvalue weighted by Gasteiger charge is -2.27. The van der Waals surface area contributed by atoms with Gasteiger partial charge in [0.15, 0.2) is 6.29 Å². The Morgan fingerprint density at radius 3 is 2.03 bits per heavy atom. The summed E-state index contributed by atoms with van der Waals surface area (Å²) < 4.78 is 17.6. The molecule has 0 saturated carbocycles. The van der Waals surface area contributed by atoms with E-state index in [2.05, 4.69) is 38.1 Å². The maximum Gasteiger partial charge on any atom is 0.196 e. The monoisotopic (exact) mass is 484 g/mol. The molecule has 0 aromatic heterocycles. The molecule has 1 unspecified atom stereocenters. The molecule has 1 atom stereocenters. The van der Waals surface area contributed by atoms with E-state index in [1.165, 1.54) is 0 Å². The van der Waals surface area contributed by atoms with Crippen LogP contribution in [0, 0.1) is 0 Å². The molecule has 0 aliphatic heterocycles. The molecular weight excluding hydrogens is 448 g/mol. The number of hydrogen-bond donors (Lipinski definition) is 1. The van der Waals surface area contributed by atoms with Crippen LogP contribution in [0.3, 0.4) is 0 Å². The molecule has 0 saturated heterocycles. The summed E-state index contributed by atoms with van der Waals surface area (Å²) in [5, 5.41) is 9.03. The topological polar surface area (TPSA) is 47.9 Å². The van der Waals surface area contributed by atoms with Crippen LogP contribution in [-0.2, 0) is 11.2 Å². The first-order chi connectivity index (χ1) is 17.4. The Labute approximate surface area is 215 Å². The van der Waals surface area contributed by atoms with Crippen molar-refractivity contribution in [3.8, 4) is 11.5 Å². The second-order valence-corrected chi connectivity index (χ2v) is 9.10.